The van der Waals surface area contributed by atoms with Gasteiger partial charge in [0.05, 0.1) is 11.3 Å². The molecule has 7 heteroatoms. The SMILES string of the molecule is C[C@@H]1C[C@H](C)CN(C(=O)c2cc(Br)ccc2NC(=O)NCc2ccncc2)C1. The maximum Gasteiger partial charge on any atom is 0.319 e. The van der Waals surface area contributed by atoms with E-state index in [1.54, 1.807) is 24.5 Å². The summed E-state index contributed by atoms with van der Waals surface area (Å²) in [5, 5.41) is 5.62. The highest BCUT2D eigenvalue weighted by Crippen LogP contribution is 2.27. The first-order valence-corrected chi connectivity index (χ1v) is 10.2. The highest BCUT2D eigenvalue weighted by molar-refractivity contribution is 9.10. The van der Waals surface area contributed by atoms with Crippen molar-refractivity contribution >= 4 is 33.6 Å². The molecule has 0 radical (unpaired) electrons. The van der Waals surface area contributed by atoms with Crippen LogP contribution in [0.25, 0.3) is 0 Å². The number of aromatic nitrogens is 1. The van der Waals surface area contributed by atoms with Gasteiger partial charge in [-0.3, -0.25) is 9.78 Å². The fourth-order valence-electron chi connectivity index (χ4n) is 3.65. The molecule has 3 amide bonds. The zero-order valence-corrected chi connectivity index (χ0v) is 17.7. The topological polar surface area (TPSA) is 74.3 Å². The quantitative estimate of drug-likeness (QED) is 0.738. The standard InChI is InChI=1S/C21H25BrN4O2/c1-14-9-15(2)13-26(12-14)20(27)18-10-17(22)3-4-19(18)25-21(28)24-11-16-5-7-23-8-6-16/h3-8,10,14-15H,9,11-13H2,1-2H3,(H2,24,25,28)/t14-,15+. The van der Waals surface area contributed by atoms with Crippen LogP contribution in [0.1, 0.15) is 36.2 Å². The lowest BCUT2D eigenvalue weighted by atomic mass is 9.91. The van der Waals surface area contributed by atoms with Crippen LogP contribution >= 0.6 is 15.9 Å². The Morgan fingerprint density at radius 2 is 1.82 bits per heavy atom. The van der Waals surface area contributed by atoms with E-state index in [4.69, 9.17) is 0 Å². The summed E-state index contributed by atoms with van der Waals surface area (Å²) in [6, 6.07) is 8.66. The zero-order chi connectivity index (χ0) is 20.1. The van der Waals surface area contributed by atoms with Crippen molar-refractivity contribution < 1.29 is 9.59 Å². The number of carbonyl (C=O) groups excluding carboxylic acids is 2. The number of carbonyl (C=O) groups is 2. The maximum atomic E-state index is 13.2. The Hall–Kier alpha value is -2.41. The van der Waals surface area contributed by atoms with Crippen molar-refractivity contribution in [2.45, 2.75) is 26.8 Å². The van der Waals surface area contributed by atoms with E-state index in [1.165, 1.54) is 0 Å². The number of amides is 3. The summed E-state index contributed by atoms with van der Waals surface area (Å²) in [6.07, 6.45) is 4.49. The van der Waals surface area contributed by atoms with Gasteiger partial charge in [-0.25, -0.2) is 4.79 Å². The van der Waals surface area contributed by atoms with Crippen LogP contribution in [0, 0.1) is 11.8 Å². The number of pyridine rings is 1. The van der Waals surface area contributed by atoms with Gasteiger partial charge >= 0.3 is 6.03 Å². The number of piperidine rings is 1. The molecule has 28 heavy (non-hydrogen) atoms. The van der Waals surface area contributed by atoms with Crippen molar-refractivity contribution in [1.82, 2.24) is 15.2 Å². The Kier molecular flexibility index (Phi) is 6.67. The second-order valence-electron chi connectivity index (χ2n) is 7.51. The second kappa shape index (κ2) is 9.19. The molecule has 0 bridgehead atoms. The highest BCUT2D eigenvalue weighted by atomic mass is 79.9. The Balaban J connectivity index is 1.71. The molecule has 0 unspecified atom stereocenters. The average Bonchev–Trinajstić information content (AvgIpc) is 2.67. The minimum Gasteiger partial charge on any atom is -0.338 e. The molecule has 0 spiro atoms. The molecule has 2 aromatic rings. The summed E-state index contributed by atoms with van der Waals surface area (Å²) in [6.45, 7) is 6.20. The van der Waals surface area contributed by atoms with Gasteiger partial charge in [0, 0.05) is 36.5 Å². The lowest BCUT2D eigenvalue weighted by Gasteiger charge is -2.35. The van der Waals surface area contributed by atoms with Crippen molar-refractivity contribution in [3.8, 4) is 0 Å². The lowest BCUT2D eigenvalue weighted by molar-refractivity contribution is 0.0624. The molecule has 148 valence electrons. The number of hydrogen-bond donors (Lipinski definition) is 2. The molecule has 1 aromatic carbocycles. The number of nitrogens with zero attached hydrogens (tertiary/aromatic N) is 2. The molecule has 1 aliphatic heterocycles. The van der Waals surface area contributed by atoms with E-state index in [0.29, 0.717) is 29.6 Å². The van der Waals surface area contributed by atoms with E-state index in [1.807, 2.05) is 23.1 Å². The Morgan fingerprint density at radius 1 is 1.14 bits per heavy atom. The van der Waals surface area contributed by atoms with Crippen molar-refractivity contribution in [1.29, 1.82) is 0 Å². The zero-order valence-electron chi connectivity index (χ0n) is 16.1. The van der Waals surface area contributed by atoms with Gasteiger partial charge in [-0.05, 0) is 54.2 Å². The van der Waals surface area contributed by atoms with Crippen molar-refractivity contribution in [2.24, 2.45) is 11.8 Å². The minimum atomic E-state index is -0.353. The van der Waals surface area contributed by atoms with Gasteiger partial charge < -0.3 is 15.5 Å². The monoisotopic (exact) mass is 444 g/mol. The third-order valence-electron chi connectivity index (χ3n) is 4.82. The van der Waals surface area contributed by atoms with E-state index in [2.05, 4.69) is 45.4 Å². The molecular weight excluding hydrogens is 420 g/mol. The fraction of sp³-hybridized carbons (Fsp3) is 0.381. The Bertz CT molecular complexity index is 834. The smallest absolute Gasteiger partial charge is 0.319 e. The Morgan fingerprint density at radius 3 is 2.50 bits per heavy atom. The van der Waals surface area contributed by atoms with Crippen LogP contribution in [0.5, 0.6) is 0 Å². The predicted molar refractivity (Wildman–Crippen MR) is 113 cm³/mol. The van der Waals surface area contributed by atoms with E-state index >= 15 is 0 Å². The first-order chi connectivity index (χ1) is 13.4. The molecule has 1 saturated heterocycles. The third-order valence-corrected chi connectivity index (χ3v) is 5.31. The normalized spacial score (nSPS) is 19.2. The second-order valence-corrected chi connectivity index (χ2v) is 8.42. The van der Waals surface area contributed by atoms with Crippen molar-refractivity contribution in [3.63, 3.8) is 0 Å². The summed E-state index contributed by atoms with van der Waals surface area (Å²) in [7, 11) is 0. The van der Waals surface area contributed by atoms with Crippen LogP contribution in [0.3, 0.4) is 0 Å². The number of likely N-dealkylation sites (tertiary alicyclic amines) is 1. The lowest BCUT2D eigenvalue weighted by Crippen LogP contribution is -2.43. The number of urea groups is 1. The van der Waals surface area contributed by atoms with Crippen LogP contribution in [-0.2, 0) is 6.54 Å². The summed E-state index contributed by atoms with van der Waals surface area (Å²) in [4.78, 5) is 31.4. The molecule has 1 aromatic heterocycles. The number of hydrogen-bond acceptors (Lipinski definition) is 3. The minimum absolute atomic E-state index is 0.0517. The number of halogens is 1. The van der Waals surface area contributed by atoms with Gasteiger partial charge in [-0.2, -0.15) is 0 Å². The van der Waals surface area contributed by atoms with E-state index < -0.39 is 0 Å². The number of rotatable bonds is 4. The van der Waals surface area contributed by atoms with Crippen LogP contribution in [0.15, 0.2) is 47.2 Å². The highest BCUT2D eigenvalue weighted by Gasteiger charge is 2.27. The molecule has 6 nitrogen and oxygen atoms in total. The summed E-state index contributed by atoms with van der Waals surface area (Å²) < 4.78 is 0.803. The average molecular weight is 445 g/mol. The van der Waals surface area contributed by atoms with Gasteiger partial charge in [0.2, 0.25) is 0 Å². The molecule has 0 saturated carbocycles. The van der Waals surface area contributed by atoms with E-state index in [0.717, 1.165) is 29.5 Å². The number of anilines is 1. The van der Waals surface area contributed by atoms with Crippen LogP contribution in [-0.4, -0.2) is 34.9 Å². The first-order valence-electron chi connectivity index (χ1n) is 9.45. The van der Waals surface area contributed by atoms with Gasteiger partial charge in [-0.15, -0.1) is 0 Å². The number of benzene rings is 1. The largest absolute Gasteiger partial charge is 0.338 e. The fourth-order valence-corrected chi connectivity index (χ4v) is 4.01. The van der Waals surface area contributed by atoms with Crippen molar-refractivity contribution in [2.75, 3.05) is 18.4 Å². The van der Waals surface area contributed by atoms with Gasteiger partial charge in [-0.1, -0.05) is 29.8 Å². The predicted octanol–water partition coefficient (Wildman–Crippen LogP) is 4.28. The summed E-state index contributed by atoms with van der Waals surface area (Å²) >= 11 is 3.43. The number of nitrogens with one attached hydrogen (secondary N) is 2. The van der Waals surface area contributed by atoms with Crippen LogP contribution in [0.4, 0.5) is 10.5 Å². The van der Waals surface area contributed by atoms with E-state index in [-0.39, 0.29) is 11.9 Å². The first kappa shape index (κ1) is 20.3. The molecule has 2 atom stereocenters. The molecule has 2 heterocycles. The van der Waals surface area contributed by atoms with Gasteiger partial charge in [0.15, 0.2) is 0 Å². The molecular formula is C21H25BrN4O2. The molecule has 3 rings (SSSR count). The van der Waals surface area contributed by atoms with Gasteiger partial charge in [0.25, 0.3) is 5.91 Å². The summed E-state index contributed by atoms with van der Waals surface area (Å²) in [5.41, 5.74) is 1.95. The van der Waals surface area contributed by atoms with Crippen molar-refractivity contribution in [3.05, 3.63) is 58.3 Å². The molecule has 1 fully saturated rings. The van der Waals surface area contributed by atoms with Crippen LogP contribution in [0.2, 0.25) is 0 Å². The maximum absolute atomic E-state index is 13.2. The van der Waals surface area contributed by atoms with E-state index in [9.17, 15) is 9.59 Å². The molecule has 2 N–H and O–H groups in total. The molecule has 0 aliphatic carbocycles. The molecule has 1 aliphatic rings. The van der Waals surface area contributed by atoms with Gasteiger partial charge in [0.1, 0.15) is 0 Å². The van der Waals surface area contributed by atoms with Crippen LogP contribution < -0.4 is 10.6 Å². The third kappa shape index (κ3) is 5.32. The summed E-state index contributed by atoms with van der Waals surface area (Å²) in [5.74, 6) is 0.893. The Labute approximate surface area is 173 Å².